The minimum atomic E-state index is -1.15. The molecular weight excluding hydrogens is 423 g/mol. The molecule has 3 heterocycles. The Balaban J connectivity index is 1.43. The quantitative estimate of drug-likeness (QED) is 0.639. The number of aliphatic hydroxyl groups is 1. The fourth-order valence-corrected chi connectivity index (χ4v) is 4.49. The first-order chi connectivity index (χ1) is 16.0. The lowest BCUT2D eigenvalue weighted by Gasteiger charge is -2.44. The first kappa shape index (κ1) is 21.2. The number of piperidine rings is 1. The van der Waals surface area contributed by atoms with E-state index in [0.29, 0.717) is 30.1 Å². The molecule has 1 aromatic heterocycles. The van der Waals surface area contributed by atoms with Crippen LogP contribution >= 0.6 is 0 Å². The van der Waals surface area contributed by atoms with Crippen molar-refractivity contribution in [3.63, 3.8) is 0 Å². The van der Waals surface area contributed by atoms with Crippen LogP contribution < -0.4 is 4.74 Å². The molecule has 0 aliphatic carbocycles. The number of benzene rings is 2. The molecule has 3 aromatic rings. The summed E-state index contributed by atoms with van der Waals surface area (Å²) in [5, 5.41) is 15.2. The van der Waals surface area contributed by atoms with Gasteiger partial charge in [-0.1, -0.05) is 17.3 Å². The summed E-state index contributed by atoms with van der Waals surface area (Å²) >= 11 is 0. The Hall–Kier alpha value is -3.65. The van der Waals surface area contributed by atoms with Gasteiger partial charge >= 0.3 is 0 Å². The SMILES string of the molecule is COc1cc(/C=C/C2=NO[C@@]3(c4ccc(F)cc4)[C@@H](O)CCCN23)ccc1-n1cnc(C)c1. The monoisotopic (exact) mass is 448 g/mol. The average Bonchev–Trinajstić information content (AvgIpc) is 3.43. The third-order valence-electron chi connectivity index (χ3n) is 6.14. The zero-order valence-corrected chi connectivity index (χ0v) is 18.5. The highest BCUT2D eigenvalue weighted by molar-refractivity contribution is 5.97. The molecule has 2 atom stereocenters. The Morgan fingerprint density at radius 3 is 2.76 bits per heavy atom. The van der Waals surface area contributed by atoms with Gasteiger partial charge in [0.15, 0.2) is 5.84 Å². The Labute approximate surface area is 191 Å². The number of hydrogen-bond acceptors (Lipinski definition) is 6. The first-order valence-corrected chi connectivity index (χ1v) is 10.9. The second-order valence-corrected chi connectivity index (χ2v) is 8.24. The fourth-order valence-electron chi connectivity index (χ4n) is 4.49. The van der Waals surface area contributed by atoms with Crippen LogP contribution in [0.2, 0.25) is 0 Å². The summed E-state index contributed by atoms with van der Waals surface area (Å²) in [5.41, 5.74) is 2.27. The van der Waals surface area contributed by atoms with Gasteiger partial charge < -0.3 is 24.1 Å². The molecule has 2 aliphatic heterocycles. The molecule has 1 fully saturated rings. The normalized spacial score (nSPS) is 22.2. The van der Waals surface area contributed by atoms with Crippen molar-refractivity contribution in [1.29, 1.82) is 0 Å². The highest BCUT2D eigenvalue weighted by Gasteiger charge is 2.54. The van der Waals surface area contributed by atoms with Crippen LogP contribution in [0.4, 0.5) is 4.39 Å². The summed E-state index contributed by atoms with van der Waals surface area (Å²) in [7, 11) is 1.64. The molecule has 170 valence electrons. The van der Waals surface area contributed by atoms with E-state index < -0.39 is 11.8 Å². The van der Waals surface area contributed by atoms with E-state index in [2.05, 4.69) is 10.1 Å². The van der Waals surface area contributed by atoms with Gasteiger partial charge in [0, 0.05) is 18.3 Å². The number of imidazole rings is 1. The minimum Gasteiger partial charge on any atom is -0.495 e. The van der Waals surface area contributed by atoms with Gasteiger partial charge in [0.05, 0.1) is 24.8 Å². The lowest BCUT2D eigenvalue weighted by Crippen LogP contribution is -2.57. The topological polar surface area (TPSA) is 72.1 Å². The standard InChI is InChI=1S/C25H25FN4O3/c1-17-15-29(16-27-17)21-11-5-18(14-22(21)32-2)6-12-24-28-33-25(19-7-9-20(26)10-8-19)23(31)4-3-13-30(24)25/h5-12,14-16,23,31H,3-4,13H2,1-2H3/b12-6+/t23-,25-/m0/s1. The zero-order valence-electron chi connectivity index (χ0n) is 18.5. The molecule has 0 saturated carbocycles. The van der Waals surface area contributed by atoms with E-state index in [-0.39, 0.29) is 5.82 Å². The highest BCUT2D eigenvalue weighted by atomic mass is 19.1. The number of ether oxygens (including phenoxy) is 1. The van der Waals surface area contributed by atoms with Gasteiger partial charge in [-0.05, 0) is 67.8 Å². The van der Waals surface area contributed by atoms with Crippen molar-refractivity contribution in [1.82, 2.24) is 14.5 Å². The number of fused-ring (bicyclic) bond motifs is 1. The van der Waals surface area contributed by atoms with Crippen molar-refractivity contribution < 1.29 is 19.1 Å². The smallest absolute Gasteiger partial charge is 0.263 e. The molecule has 8 heteroatoms. The third-order valence-corrected chi connectivity index (χ3v) is 6.14. The van der Waals surface area contributed by atoms with Crippen molar-refractivity contribution in [2.24, 2.45) is 5.16 Å². The van der Waals surface area contributed by atoms with Gasteiger partial charge in [-0.15, -0.1) is 0 Å². The number of hydrogen-bond donors (Lipinski definition) is 1. The van der Waals surface area contributed by atoms with Gasteiger partial charge in [-0.25, -0.2) is 9.37 Å². The predicted molar refractivity (Wildman–Crippen MR) is 122 cm³/mol. The van der Waals surface area contributed by atoms with E-state index in [1.165, 1.54) is 12.1 Å². The lowest BCUT2D eigenvalue weighted by atomic mass is 9.88. The number of aromatic nitrogens is 2. The van der Waals surface area contributed by atoms with E-state index in [9.17, 15) is 9.50 Å². The molecule has 0 amide bonds. The summed E-state index contributed by atoms with van der Waals surface area (Å²) in [6.45, 7) is 2.60. The average molecular weight is 448 g/mol. The Morgan fingerprint density at radius 2 is 2.03 bits per heavy atom. The summed E-state index contributed by atoms with van der Waals surface area (Å²) in [4.78, 5) is 12.1. The first-order valence-electron chi connectivity index (χ1n) is 10.9. The van der Waals surface area contributed by atoms with Crippen molar-refractivity contribution >= 4 is 11.9 Å². The predicted octanol–water partition coefficient (Wildman–Crippen LogP) is 4.00. The number of methoxy groups -OCH3 is 1. The van der Waals surface area contributed by atoms with Crippen LogP contribution in [0.3, 0.4) is 0 Å². The molecule has 0 unspecified atom stereocenters. The molecule has 0 bridgehead atoms. The van der Waals surface area contributed by atoms with Crippen LogP contribution in [0.25, 0.3) is 11.8 Å². The highest BCUT2D eigenvalue weighted by Crippen LogP contribution is 2.43. The number of rotatable bonds is 5. The molecule has 2 aliphatic rings. The molecule has 0 radical (unpaired) electrons. The molecule has 2 aromatic carbocycles. The third kappa shape index (κ3) is 3.66. The second kappa shape index (κ2) is 8.37. The number of nitrogens with zero attached hydrogens (tertiary/aromatic N) is 4. The van der Waals surface area contributed by atoms with Crippen LogP contribution in [-0.4, -0.2) is 45.2 Å². The molecule has 1 N–H and O–H groups in total. The molecule has 1 saturated heterocycles. The van der Waals surface area contributed by atoms with E-state index in [1.54, 1.807) is 25.6 Å². The summed E-state index contributed by atoms with van der Waals surface area (Å²) in [6.07, 6.45) is 8.07. The Bertz CT molecular complexity index is 1220. The zero-order chi connectivity index (χ0) is 23.0. The van der Waals surface area contributed by atoms with Crippen LogP contribution in [0, 0.1) is 12.7 Å². The number of aryl methyl sites for hydroxylation is 1. The second-order valence-electron chi connectivity index (χ2n) is 8.24. The van der Waals surface area contributed by atoms with E-state index in [0.717, 1.165) is 23.4 Å². The number of amidine groups is 1. The maximum atomic E-state index is 13.5. The van der Waals surface area contributed by atoms with Gasteiger partial charge in [0.25, 0.3) is 5.72 Å². The molecule has 33 heavy (non-hydrogen) atoms. The summed E-state index contributed by atoms with van der Waals surface area (Å²) in [5.74, 6) is 0.980. The van der Waals surface area contributed by atoms with Crippen LogP contribution in [-0.2, 0) is 10.6 Å². The van der Waals surface area contributed by atoms with E-state index in [1.807, 2.05) is 52.9 Å². The van der Waals surface area contributed by atoms with Gasteiger partial charge in [-0.3, -0.25) is 0 Å². The molecule has 5 rings (SSSR count). The molecule has 0 spiro atoms. The maximum Gasteiger partial charge on any atom is 0.263 e. The molecule has 7 nitrogen and oxygen atoms in total. The van der Waals surface area contributed by atoms with Crippen LogP contribution in [0.15, 0.2) is 66.2 Å². The largest absolute Gasteiger partial charge is 0.495 e. The number of halogens is 1. The fraction of sp³-hybridized carbons (Fsp3) is 0.280. The Morgan fingerprint density at radius 1 is 1.21 bits per heavy atom. The van der Waals surface area contributed by atoms with Crippen molar-refractivity contribution in [3.8, 4) is 11.4 Å². The van der Waals surface area contributed by atoms with Crippen molar-refractivity contribution in [2.45, 2.75) is 31.6 Å². The number of oxime groups is 1. The lowest BCUT2D eigenvalue weighted by molar-refractivity contribution is -0.194. The van der Waals surface area contributed by atoms with Crippen molar-refractivity contribution in [2.75, 3.05) is 13.7 Å². The van der Waals surface area contributed by atoms with Crippen LogP contribution in [0.1, 0.15) is 29.7 Å². The van der Waals surface area contributed by atoms with Crippen molar-refractivity contribution in [3.05, 3.63) is 83.7 Å². The van der Waals surface area contributed by atoms with E-state index >= 15 is 0 Å². The summed E-state index contributed by atoms with van der Waals surface area (Å²) in [6, 6.07) is 11.9. The Kier molecular flexibility index (Phi) is 5.38. The maximum absolute atomic E-state index is 13.5. The van der Waals surface area contributed by atoms with Gasteiger partial charge in [0.1, 0.15) is 17.7 Å². The van der Waals surface area contributed by atoms with Crippen LogP contribution in [0.5, 0.6) is 5.75 Å². The minimum absolute atomic E-state index is 0.339. The summed E-state index contributed by atoms with van der Waals surface area (Å²) < 4.78 is 21.0. The van der Waals surface area contributed by atoms with Gasteiger partial charge in [0.2, 0.25) is 0 Å². The van der Waals surface area contributed by atoms with E-state index in [4.69, 9.17) is 9.57 Å². The van der Waals surface area contributed by atoms with Gasteiger partial charge in [-0.2, -0.15) is 0 Å². The molecular formula is C25H25FN4O3. The number of aliphatic hydroxyl groups excluding tert-OH is 1.